The number of rotatable bonds is 4. The van der Waals surface area contributed by atoms with Crippen molar-refractivity contribution in [1.29, 1.82) is 0 Å². The Balaban J connectivity index is 1.40. The van der Waals surface area contributed by atoms with Crippen molar-refractivity contribution in [2.75, 3.05) is 4.90 Å². The Labute approximate surface area is 258 Å². The standard InChI is InChI=1S/C43H29N/c1-4-16-30(17-5-1)33-24-14-27-38-41(33)34-22-10-12-25-36(34)43(38)37-26-13-11-23-35(37)42-39(43)28-15-29-40(42)44(31-18-6-2-7-19-31)32-20-8-3-9-21-32/h1-29H. The predicted molar refractivity (Wildman–Crippen MR) is 183 cm³/mol. The summed E-state index contributed by atoms with van der Waals surface area (Å²) >= 11 is 0. The zero-order valence-electron chi connectivity index (χ0n) is 24.2. The third-order valence-electron chi connectivity index (χ3n) is 9.47. The fourth-order valence-electron chi connectivity index (χ4n) is 7.84. The van der Waals surface area contributed by atoms with Gasteiger partial charge in [0.05, 0.1) is 11.1 Å². The molecule has 0 radical (unpaired) electrons. The molecule has 0 saturated carbocycles. The summed E-state index contributed by atoms with van der Waals surface area (Å²) in [7, 11) is 0. The van der Waals surface area contributed by atoms with E-state index in [1.165, 1.54) is 61.3 Å². The van der Waals surface area contributed by atoms with E-state index in [4.69, 9.17) is 0 Å². The molecule has 0 heterocycles. The van der Waals surface area contributed by atoms with E-state index in [9.17, 15) is 0 Å². The highest BCUT2D eigenvalue weighted by Gasteiger charge is 2.52. The van der Waals surface area contributed by atoms with Crippen LogP contribution >= 0.6 is 0 Å². The average Bonchev–Trinajstić information content (AvgIpc) is 3.58. The van der Waals surface area contributed by atoms with Gasteiger partial charge < -0.3 is 4.90 Å². The first kappa shape index (κ1) is 24.9. The van der Waals surface area contributed by atoms with E-state index < -0.39 is 5.41 Å². The van der Waals surface area contributed by atoms with Crippen molar-refractivity contribution < 1.29 is 0 Å². The van der Waals surface area contributed by atoms with Crippen molar-refractivity contribution in [2.24, 2.45) is 0 Å². The molecule has 206 valence electrons. The quantitative estimate of drug-likeness (QED) is 0.207. The van der Waals surface area contributed by atoms with Crippen LogP contribution in [0.1, 0.15) is 22.3 Å². The maximum absolute atomic E-state index is 2.41. The van der Waals surface area contributed by atoms with Crippen molar-refractivity contribution in [3.63, 3.8) is 0 Å². The zero-order valence-corrected chi connectivity index (χ0v) is 24.2. The molecular formula is C43H29N. The van der Waals surface area contributed by atoms with Crippen LogP contribution in [0.3, 0.4) is 0 Å². The second-order valence-electron chi connectivity index (χ2n) is 11.6. The van der Waals surface area contributed by atoms with Gasteiger partial charge in [-0.1, -0.05) is 146 Å². The maximum Gasteiger partial charge on any atom is 0.0726 e. The van der Waals surface area contributed by atoms with E-state index in [2.05, 4.69) is 181 Å². The number of anilines is 3. The molecule has 0 aliphatic heterocycles. The second kappa shape index (κ2) is 9.69. The van der Waals surface area contributed by atoms with Crippen LogP contribution in [0.5, 0.6) is 0 Å². The van der Waals surface area contributed by atoms with Crippen LogP contribution in [-0.2, 0) is 5.41 Å². The third-order valence-corrected chi connectivity index (χ3v) is 9.47. The Morgan fingerprint density at radius 1 is 0.318 bits per heavy atom. The molecule has 7 aromatic carbocycles. The summed E-state index contributed by atoms with van der Waals surface area (Å²) in [5.74, 6) is 0. The van der Waals surface area contributed by atoms with Crippen LogP contribution in [0.25, 0.3) is 33.4 Å². The predicted octanol–water partition coefficient (Wildman–Crippen LogP) is 11.2. The Bertz CT molecular complexity index is 2130. The molecule has 1 spiro atoms. The smallest absolute Gasteiger partial charge is 0.0726 e. The van der Waals surface area contributed by atoms with Crippen LogP contribution in [0.15, 0.2) is 176 Å². The molecule has 0 amide bonds. The third kappa shape index (κ3) is 3.35. The molecule has 9 rings (SSSR count). The zero-order chi connectivity index (χ0) is 29.1. The van der Waals surface area contributed by atoms with Crippen molar-refractivity contribution >= 4 is 17.1 Å². The van der Waals surface area contributed by atoms with Crippen LogP contribution in [0, 0.1) is 0 Å². The van der Waals surface area contributed by atoms with Crippen molar-refractivity contribution in [3.05, 3.63) is 198 Å². The lowest BCUT2D eigenvalue weighted by Crippen LogP contribution is -2.26. The van der Waals surface area contributed by atoms with Gasteiger partial charge in [0.25, 0.3) is 0 Å². The number of nitrogens with zero attached hydrogens (tertiary/aromatic N) is 1. The molecule has 1 unspecified atom stereocenters. The van der Waals surface area contributed by atoms with Crippen LogP contribution in [0.4, 0.5) is 17.1 Å². The molecule has 2 aliphatic carbocycles. The number of fused-ring (bicyclic) bond motifs is 10. The van der Waals surface area contributed by atoms with Gasteiger partial charge in [0.1, 0.15) is 0 Å². The topological polar surface area (TPSA) is 3.24 Å². The van der Waals surface area contributed by atoms with Gasteiger partial charge in [0.2, 0.25) is 0 Å². The monoisotopic (exact) mass is 559 g/mol. The first-order valence-electron chi connectivity index (χ1n) is 15.3. The Kier molecular flexibility index (Phi) is 5.48. The highest BCUT2D eigenvalue weighted by atomic mass is 15.1. The van der Waals surface area contributed by atoms with Crippen molar-refractivity contribution in [2.45, 2.75) is 5.41 Å². The summed E-state index contributed by atoms with van der Waals surface area (Å²) in [6, 6.07) is 64.3. The average molecular weight is 560 g/mol. The minimum atomic E-state index is -0.419. The molecule has 0 saturated heterocycles. The van der Waals surface area contributed by atoms with E-state index in [0.29, 0.717) is 0 Å². The van der Waals surface area contributed by atoms with Gasteiger partial charge in [-0.25, -0.2) is 0 Å². The summed E-state index contributed by atoms with van der Waals surface area (Å²) < 4.78 is 0. The molecule has 0 fully saturated rings. The molecule has 0 N–H and O–H groups in total. The number of para-hydroxylation sites is 2. The fourth-order valence-corrected chi connectivity index (χ4v) is 7.84. The van der Waals surface area contributed by atoms with Gasteiger partial charge in [-0.15, -0.1) is 0 Å². The van der Waals surface area contributed by atoms with Gasteiger partial charge in [0.15, 0.2) is 0 Å². The fraction of sp³-hybridized carbons (Fsp3) is 0.0233. The molecule has 44 heavy (non-hydrogen) atoms. The summed E-state index contributed by atoms with van der Waals surface area (Å²) in [5, 5.41) is 0. The van der Waals surface area contributed by atoms with Gasteiger partial charge in [0, 0.05) is 16.9 Å². The first-order valence-corrected chi connectivity index (χ1v) is 15.3. The summed E-state index contributed by atoms with van der Waals surface area (Å²) in [6.07, 6.45) is 0. The highest BCUT2D eigenvalue weighted by Crippen LogP contribution is 2.65. The summed E-state index contributed by atoms with van der Waals surface area (Å²) in [5.41, 5.74) is 16.2. The van der Waals surface area contributed by atoms with Crippen LogP contribution in [-0.4, -0.2) is 0 Å². The Morgan fingerprint density at radius 3 is 1.36 bits per heavy atom. The molecule has 1 atom stereocenters. The van der Waals surface area contributed by atoms with Crippen LogP contribution < -0.4 is 4.90 Å². The van der Waals surface area contributed by atoms with Crippen LogP contribution in [0.2, 0.25) is 0 Å². The van der Waals surface area contributed by atoms with E-state index in [0.717, 1.165) is 11.4 Å². The van der Waals surface area contributed by atoms with Gasteiger partial charge in [-0.2, -0.15) is 0 Å². The Hall–Kier alpha value is -5.66. The summed E-state index contributed by atoms with van der Waals surface area (Å²) in [6.45, 7) is 0. The lowest BCUT2D eigenvalue weighted by molar-refractivity contribution is 0.794. The minimum absolute atomic E-state index is 0.419. The first-order chi connectivity index (χ1) is 21.9. The number of benzene rings is 7. The van der Waals surface area contributed by atoms with E-state index in [1.54, 1.807) is 0 Å². The summed E-state index contributed by atoms with van der Waals surface area (Å²) in [4.78, 5) is 2.41. The molecule has 0 aromatic heterocycles. The molecular weight excluding hydrogens is 530 g/mol. The highest BCUT2D eigenvalue weighted by molar-refractivity contribution is 6.03. The molecule has 1 heteroatoms. The normalized spacial score (nSPS) is 15.4. The number of hydrogen-bond donors (Lipinski definition) is 0. The molecule has 1 nitrogen and oxygen atoms in total. The molecule has 0 bridgehead atoms. The maximum atomic E-state index is 2.41. The van der Waals surface area contributed by atoms with Crippen molar-refractivity contribution in [1.82, 2.24) is 0 Å². The number of hydrogen-bond acceptors (Lipinski definition) is 1. The van der Waals surface area contributed by atoms with Gasteiger partial charge in [-0.05, 0) is 80.4 Å². The van der Waals surface area contributed by atoms with E-state index in [1.807, 2.05) is 0 Å². The van der Waals surface area contributed by atoms with Gasteiger partial charge >= 0.3 is 0 Å². The molecule has 2 aliphatic rings. The lowest BCUT2D eigenvalue weighted by Gasteiger charge is -2.32. The SMILES string of the molecule is c1ccc(-c2cccc3c2-c2ccccc2C32c3ccccc3-c3c(N(c4ccccc4)c4ccccc4)cccc32)cc1. The second-order valence-corrected chi connectivity index (χ2v) is 11.6. The van der Waals surface area contributed by atoms with E-state index >= 15 is 0 Å². The van der Waals surface area contributed by atoms with Crippen molar-refractivity contribution in [3.8, 4) is 33.4 Å². The minimum Gasteiger partial charge on any atom is -0.310 e. The lowest BCUT2D eigenvalue weighted by atomic mass is 9.70. The van der Waals surface area contributed by atoms with Gasteiger partial charge in [-0.3, -0.25) is 0 Å². The van der Waals surface area contributed by atoms with E-state index in [-0.39, 0.29) is 0 Å². The largest absolute Gasteiger partial charge is 0.310 e. The molecule has 7 aromatic rings. The Morgan fingerprint density at radius 2 is 0.750 bits per heavy atom.